The molecule has 0 unspecified atom stereocenters. The van der Waals surface area contributed by atoms with Gasteiger partial charge in [-0.2, -0.15) is 0 Å². The molecule has 0 aromatic carbocycles. The number of nitrogens with one attached hydrogen (secondary N) is 2. The molecule has 0 saturated heterocycles. The first-order valence-corrected chi connectivity index (χ1v) is 15.6. The number of carbonyl (C=O) groups excluding carboxylic acids is 2. The Morgan fingerprint density at radius 2 is 1.18 bits per heavy atom. The Balaban J connectivity index is 0. The number of isocyanates is 2. The summed E-state index contributed by atoms with van der Waals surface area (Å²) >= 11 is 0. The van der Waals surface area contributed by atoms with Crippen molar-refractivity contribution in [3.63, 3.8) is 0 Å². The van der Waals surface area contributed by atoms with E-state index in [0.29, 0.717) is 0 Å². The average Bonchev–Trinajstić information content (AvgIpc) is 2.93. The molecule has 0 aromatic heterocycles. The Labute approximate surface area is 255 Å². The molecule has 2 aliphatic rings. The number of aliphatic hydroxyl groups is 6. The Morgan fingerprint density at radius 3 is 1.49 bits per heavy atom. The molecule has 0 radical (unpaired) electrons. The summed E-state index contributed by atoms with van der Waals surface area (Å²) in [4.78, 5) is 56.9. The second-order valence-electron chi connectivity index (χ2n) is 9.29. The predicted molar refractivity (Wildman–Crippen MR) is 151 cm³/mol. The van der Waals surface area contributed by atoms with Gasteiger partial charge in [-0.25, -0.2) is 25.4 Å². The van der Waals surface area contributed by atoms with Crippen molar-refractivity contribution >= 4 is 33.3 Å². The molecule has 2 rings (SSSR count). The summed E-state index contributed by atoms with van der Waals surface area (Å²) in [6.07, 6.45) is -4.71. The van der Waals surface area contributed by atoms with Gasteiger partial charge in [0.25, 0.3) is 0 Å². The average molecular weight is 695 g/mol. The Kier molecular flexibility index (Phi) is 20.0. The maximum absolute atomic E-state index is 11.3. The molecule has 10 atom stereocenters. The molecular formula is C21H40N6O16P2. The molecule has 0 fully saturated rings. The van der Waals surface area contributed by atoms with Crippen molar-refractivity contribution < 1.29 is 78.4 Å². The summed E-state index contributed by atoms with van der Waals surface area (Å²) in [5, 5.41) is 66.9. The molecule has 0 aromatic rings. The van der Waals surface area contributed by atoms with Gasteiger partial charge in [-0.3, -0.25) is 9.13 Å². The van der Waals surface area contributed by atoms with Crippen LogP contribution in [0.5, 0.6) is 0 Å². The molecule has 22 nitrogen and oxygen atoms in total. The topological polar surface area (TPSA) is 427 Å². The Bertz CT molecular complexity index is 1160. The molecular weight excluding hydrogens is 654 g/mol. The highest BCUT2D eigenvalue weighted by Crippen LogP contribution is 2.50. The highest BCUT2D eigenvalue weighted by Gasteiger charge is 2.43. The SMILES string of the molecule is C[C@H]1[C@H]([C@H](O)[C@H](O)CO)OC(P(=O)(O)O)=C[C@@H]1N.C[C@H]1[C@H]([C@H](O)[C@H](O)CO)OC(P(=O)(O)O)=C[C@@H]1N=C(N)N.N=C=O.N=C=O. The van der Waals surface area contributed by atoms with Gasteiger partial charge in [0.05, 0.1) is 19.3 Å². The lowest BCUT2D eigenvalue weighted by Crippen LogP contribution is -2.50. The second-order valence-corrected chi connectivity index (χ2v) is 12.3. The summed E-state index contributed by atoms with van der Waals surface area (Å²) in [6, 6.07) is -1.58. The zero-order valence-electron chi connectivity index (χ0n) is 23.8. The summed E-state index contributed by atoms with van der Waals surface area (Å²) in [5.74, 6) is -1.37. The number of aliphatic imine (C=N–C) groups is 1. The van der Waals surface area contributed by atoms with Crippen LogP contribution in [0.2, 0.25) is 0 Å². The second kappa shape index (κ2) is 20.3. The van der Waals surface area contributed by atoms with Crippen LogP contribution >= 0.6 is 15.2 Å². The molecule has 2 aliphatic heterocycles. The first-order valence-electron chi connectivity index (χ1n) is 12.3. The lowest BCUT2D eigenvalue weighted by Gasteiger charge is -2.37. The third-order valence-electron chi connectivity index (χ3n) is 6.05. The van der Waals surface area contributed by atoms with E-state index in [1.165, 1.54) is 0 Å². The number of hydrogen-bond donors (Lipinski definition) is 15. The van der Waals surface area contributed by atoms with Gasteiger partial charge in [-0.1, -0.05) is 13.8 Å². The maximum atomic E-state index is 11.3. The highest BCUT2D eigenvalue weighted by molar-refractivity contribution is 7.56. The zero-order valence-corrected chi connectivity index (χ0v) is 25.6. The monoisotopic (exact) mass is 694 g/mol. The van der Waals surface area contributed by atoms with Crippen LogP contribution in [-0.2, 0) is 28.2 Å². The van der Waals surface area contributed by atoms with Crippen LogP contribution in [0.4, 0.5) is 0 Å². The van der Waals surface area contributed by atoms with Crippen molar-refractivity contribution in [2.45, 2.75) is 62.6 Å². The van der Waals surface area contributed by atoms with E-state index in [0.717, 1.165) is 24.3 Å². The summed E-state index contributed by atoms with van der Waals surface area (Å²) < 4.78 is 32.5. The van der Waals surface area contributed by atoms with E-state index in [1.807, 2.05) is 0 Å². The van der Waals surface area contributed by atoms with Gasteiger partial charge in [0, 0.05) is 17.9 Å². The van der Waals surface area contributed by atoms with Gasteiger partial charge in [0.2, 0.25) is 23.2 Å². The summed E-state index contributed by atoms with van der Waals surface area (Å²) in [6.45, 7) is 1.74. The van der Waals surface area contributed by atoms with Crippen LogP contribution in [-0.4, -0.2) is 130 Å². The van der Waals surface area contributed by atoms with Gasteiger partial charge in [0.1, 0.15) is 36.6 Å². The third kappa shape index (κ3) is 14.8. The van der Waals surface area contributed by atoms with Gasteiger partial charge in [-0.15, -0.1) is 0 Å². The quantitative estimate of drug-likeness (QED) is 0.0466. The molecule has 0 aliphatic carbocycles. The van der Waals surface area contributed by atoms with E-state index in [9.17, 15) is 39.3 Å². The number of hydrogen-bond acceptors (Lipinski definition) is 16. The number of guanidine groups is 1. The predicted octanol–water partition coefficient (Wildman–Crippen LogP) is -4.72. The van der Waals surface area contributed by atoms with Crippen LogP contribution in [0, 0.1) is 22.7 Å². The fourth-order valence-corrected chi connectivity index (χ4v) is 4.90. The van der Waals surface area contributed by atoms with Crippen LogP contribution < -0.4 is 17.2 Å². The molecule has 24 heteroatoms. The first-order chi connectivity index (χ1) is 20.6. The fourth-order valence-electron chi connectivity index (χ4n) is 3.67. The minimum atomic E-state index is -4.73. The van der Waals surface area contributed by atoms with Crippen LogP contribution in [0.15, 0.2) is 28.1 Å². The minimum absolute atomic E-state index is 0.300. The van der Waals surface area contributed by atoms with Crippen molar-refractivity contribution in [2.75, 3.05) is 13.2 Å². The Hall–Kier alpha value is -2.87. The highest BCUT2D eigenvalue weighted by atomic mass is 31.2. The molecule has 0 amide bonds. The smallest absolute Gasteiger partial charge is 0.390 e. The van der Waals surface area contributed by atoms with Crippen molar-refractivity contribution in [2.24, 2.45) is 34.0 Å². The molecule has 0 bridgehead atoms. The number of ether oxygens (including phenoxy) is 2. The standard InChI is InChI=1S/C10H20N3O7P.C9H18NO7P.2CHNO/c1-4-5(13-10(11)12)2-7(21(17,18)19)20-9(4)8(16)6(15)3-14;1-4-5(10)2-7(18(14,15)16)17-9(4)8(13)6(12)3-11;2*2-1-3/h2,4-6,8-9,14-16H,3H2,1H3,(H4,11,12,13)(H2,17,18,19);2,4-6,8-9,11-13H,3,10H2,1H3,(H2,14,15,16);2*2H/t2*4-,5+,6-,8-,9-;;/m11../s1. The van der Waals surface area contributed by atoms with Crippen molar-refractivity contribution in [3.05, 3.63) is 23.2 Å². The van der Waals surface area contributed by atoms with Crippen LogP contribution in [0.25, 0.3) is 0 Å². The third-order valence-corrected chi connectivity index (χ3v) is 7.71. The van der Waals surface area contributed by atoms with E-state index in [2.05, 4.69) is 4.99 Å². The molecule has 0 spiro atoms. The van der Waals surface area contributed by atoms with E-state index >= 15 is 0 Å². The summed E-state index contributed by atoms with van der Waals surface area (Å²) in [5.41, 5.74) is 14.9. The van der Waals surface area contributed by atoms with E-state index in [1.54, 1.807) is 13.8 Å². The number of rotatable bonds is 9. The van der Waals surface area contributed by atoms with Gasteiger partial charge in [0.15, 0.2) is 5.96 Å². The van der Waals surface area contributed by atoms with E-state index in [-0.39, 0.29) is 5.96 Å². The maximum Gasteiger partial charge on any atom is 0.390 e. The number of aliphatic hydroxyl groups excluding tert-OH is 6. The van der Waals surface area contributed by atoms with Crippen molar-refractivity contribution in [1.82, 2.24) is 0 Å². The minimum Gasteiger partial charge on any atom is -0.479 e. The van der Waals surface area contributed by atoms with Gasteiger partial charge < -0.3 is 76.9 Å². The zero-order chi connectivity index (χ0) is 35.9. The van der Waals surface area contributed by atoms with Gasteiger partial charge >= 0.3 is 15.2 Å². The molecule has 260 valence electrons. The largest absolute Gasteiger partial charge is 0.479 e. The van der Waals surface area contributed by atoms with Crippen LogP contribution in [0.1, 0.15) is 13.8 Å². The Morgan fingerprint density at radius 1 is 0.844 bits per heavy atom. The van der Waals surface area contributed by atoms with Crippen molar-refractivity contribution in [3.8, 4) is 0 Å². The normalized spacial score (nSPS) is 26.9. The summed E-state index contributed by atoms with van der Waals surface area (Å²) in [7, 11) is -9.35. The molecule has 2 heterocycles. The fraction of sp³-hybridized carbons (Fsp3) is 0.667. The van der Waals surface area contributed by atoms with Crippen LogP contribution in [0.3, 0.4) is 0 Å². The van der Waals surface area contributed by atoms with Gasteiger partial charge in [-0.05, 0) is 12.2 Å². The first kappa shape index (κ1) is 44.3. The number of nitrogens with zero attached hydrogens (tertiary/aromatic N) is 1. The van der Waals surface area contributed by atoms with Crippen molar-refractivity contribution in [1.29, 1.82) is 10.8 Å². The van der Waals surface area contributed by atoms with E-state index in [4.69, 9.17) is 67.1 Å². The molecule has 45 heavy (non-hydrogen) atoms. The number of nitrogens with two attached hydrogens (primary N) is 3. The lowest BCUT2D eigenvalue weighted by atomic mass is 9.89. The van der Waals surface area contributed by atoms with E-state index < -0.39 is 99.9 Å². The lowest BCUT2D eigenvalue weighted by molar-refractivity contribution is -0.106. The molecule has 18 N–H and O–H groups in total. The molecule has 0 saturated carbocycles.